The van der Waals surface area contributed by atoms with Crippen molar-refractivity contribution in [1.29, 1.82) is 0 Å². The highest BCUT2D eigenvalue weighted by Crippen LogP contribution is 2.18. The van der Waals surface area contributed by atoms with Gasteiger partial charge >= 0.3 is 0 Å². The number of rotatable bonds is 1. The first-order valence-electron chi connectivity index (χ1n) is 4.92. The highest BCUT2D eigenvalue weighted by molar-refractivity contribution is 4.65. The van der Waals surface area contributed by atoms with Gasteiger partial charge in [-0.25, -0.2) is 0 Å². The summed E-state index contributed by atoms with van der Waals surface area (Å²) in [4.78, 5) is 0. The molecule has 1 atom stereocenters. The summed E-state index contributed by atoms with van der Waals surface area (Å²) in [6.45, 7) is 9.45. The minimum absolute atomic E-state index is 0.554. The molecule has 1 heterocycles. The highest BCUT2D eigenvalue weighted by Gasteiger charge is 2.16. The van der Waals surface area contributed by atoms with Crippen molar-refractivity contribution in [3.8, 4) is 0 Å². The Morgan fingerprint density at radius 1 is 1.18 bits per heavy atom. The lowest BCUT2D eigenvalue weighted by Crippen LogP contribution is -2.24. The van der Waals surface area contributed by atoms with E-state index in [1.54, 1.807) is 0 Å². The van der Waals surface area contributed by atoms with Gasteiger partial charge in [0.2, 0.25) is 0 Å². The summed E-state index contributed by atoms with van der Waals surface area (Å²) < 4.78 is 5.54. The second-order valence-electron chi connectivity index (χ2n) is 3.15. The van der Waals surface area contributed by atoms with E-state index in [0.29, 0.717) is 12.0 Å². The highest BCUT2D eigenvalue weighted by atomic mass is 16.5. The lowest BCUT2D eigenvalue weighted by Gasteiger charge is -2.25. The van der Waals surface area contributed by atoms with Crippen LogP contribution in [0.15, 0.2) is 0 Å². The van der Waals surface area contributed by atoms with Crippen molar-refractivity contribution in [2.45, 2.75) is 53.1 Å². The average molecular weight is 158 g/mol. The molecule has 1 saturated heterocycles. The van der Waals surface area contributed by atoms with E-state index in [2.05, 4.69) is 13.8 Å². The van der Waals surface area contributed by atoms with E-state index in [0.717, 1.165) is 6.61 Å². The molecule has 1 heteroatoms. The Labute approximate surface area is 71.1 Å². The average Bonchev–Trinajstić information content (AvgIpc) is 2.10. The van der Waals surface area contributed by atoms with Crippen molar-refractivity contribution in [2.75, 3.05) is 6.61 Å². The van der Waals surface area contributed by atoms with Crippen molar-refractivity contribution >= 4 is 0 Å². The zero-order chi connectivity index (χ0) is 8.69. The topological polar surface area (TPSA) is 9.23 Å². The standard InChI is InChI=1S/C8H16O.C2H6/c1-7(2)8-5-3-4-6-9-8;1-2/h7-8H,3-6H2,1-2H3;1-2H3/t8-;/m0./s1. The molecule has 0 aromatic heterocycles. The van der Waals surface area contributed by atoms with Gasteiger partial charge in [-0.2, -0.15) is 0 Å². The van der Waals surface area contributed by atoms with Gasteiger partial charge in [0, 0.05) is 6.61 Å². The van der Waals surface area contributed by atoms with Crippen LogP contribution in [-0.4, -0.2) is 12.7 Å². The Kier molecular flexibility index (Phi) is 6.63. The van der Waals surface area contributed by atoms with Gasteiger partial charge < -0.3 is 4.74 Å². The van der Waals surface area contributed by atoms with Crippen molar-refractivity contribution in [3.05, 3.63) is 0 Å². The largest absolute Gasteiger partial charge is 0.378 e. The summed E-state index contributed by atoms with van der Waals surface area (Å²) in [7, 11) is 0. The molecule has 1 nitrogen and oxygen atoms in total. The van der Waals surface area contributed by atoms with Gasteiger partial charge in [-0.1, -0.05) is 27.7 Å². The first-order valence-corrected chi connectivity index (χ1v) is 4.92. The minimum atomic E-state index is 0.554. The maximum Gasteiger partial charge on any atom is 0.0598 e. The van der Waals surface area contributed by atoms with Gasteiger partial charge in [0.05, 0.1) is 6.10 Å². The first kappa shape index (κ1) is 11.0. The van der Waals surface area contributed by atoms with Gasteiger partial charge in [-0.05, 0) is 25.2 Å². The predicted octanol–water partition coefficient (Wildman–Crippen LogP) is 3.24. The first-order chi connectivity index (χ1) is 5.30. The molecule has 0 aromatic carbocycles. The normalized spacial score (nSPS) is 24.3. The Hall–Kier alpha value is -0.0400. The van der Waals surface area contributed by atoms with Crippen LogP contribution in [-0.2, 0) is 4.74 Å². The number of hydrogen-bond acceptors (Lipinski definition) is 1. The lowest BCUT2D eigenvalue weighted by atomic mass is 9.99. The molecule has 0 radical (unpaired) electrons. The molecule has 0 amide bonds. The second-order valence-corrected chi connectivity index (χ2v) is 3.15. The fourth-order valence-electron chi connectivity index (χ4n) is 1.29. The molecule has 1 aliphatic rings. The van der Waals surface area contributed by atoms with Crippen LogP contribution < -0.4 is 0 Å². The molecule has 1 aliphatic heterocycles. The van der Waals surface area contributed by atoms with Crippen LogP contribution in [0.25, 0.3) is 0 Å². The van der Waals surface area contributed by atoms with E-state index in [9.17, 15) is 0 Å². The molecule has 0 aliphatic carbocycles. The van der Waals surface area contributed by atoms with Crippen molar-refractivity contribution < 1.29 is 4.74 Å². The molecule has 68 valence electrons. The summed E-state index contributed by atoms with van der Waals surface area (Å²) in [5, 5.41) is 0. The van der Waals surface area contributed by atoms with E-state index < -0.39 is 0 Å². The Bertz CT molecular complexity index is 72.9. The molecule has 0 spiro atoms. The third kappa shape index (κ3) is 4.41. The third-order valence-electron chi connectivity index (χ3n) is 1.96. The van der Waals surface area contributed by atoms with Crippen LogP contribution in [0.5, 0.6) is 0 Å². The van der Waals surface area contributed by atoms with Crippen LogP contribution >= 0.6 is 0 Å². The number of hydrogen-bond donors (Lipinski definition) is 0. The fourth-order valence-corrected chi connectivity index (χ4v) is 1.29. The van der Waals surface area contributed by atoms with Gasteiger partial charge in [0.1, 0.15) is 0 Å². The molecular weight excluding hydrogens is 136 g/mol. The lowest BCUT2D eigenvalue weighted by molar-refractivity contribution is -0.0115. The quantitative estimate of drug-likeness (QED) is 0.569. The van der Waals surface area contributed by atoms with Crippen molar-refractivity contribution in [1.82, 2.24) is 0 Å². The van der Waals surface area contributed by atoms with Gasteiger partial charge in [0.15, 0.2) is 0 Å². The monoisotopic (exact) mass is 158 g/mol. The van der Waals surface area contributed by atoms with E-state index in [1.807, 2.05) is 13.8 Å². The SMILES string of the molecule is CC.CC(C)[C@@H]1CCCCO1. The van der Waals surface area contributed by atoms with E-state index in [-0.39, 0.29) is 0 Å². The van der Waals surface area contributed by atoms with Crippen LogP contribution in [0.3, 0.4) is 0 Å². The molecule has 0 unspecified atom stereocenters. The van der Waals surface area contributed by atoms with Crippen LogP contribution in [0.1, 0.15) is 47.0 Å². The summed E-state index contributed by atoms with van der Waals surface area (Å²) in [6.07, 6.45) is 4.46. The maximum absolute atomic E-state index is 5.54. The fraction of sp³-hybridized carbons (Fsp3) is 1.00. The summed E-state index contributed by atoms with van der Waals surface area (Å²) in [6, 6.07) is 0. The predicted molar refractivity (Wildman–Crippen MR) is 49.8 cm³/mol. The smallest absolute Gasteiger partial charge is 0.0598 e. The molecule has 1 rings (SSSR count). The van der Waals surface area contributed by atoms with Gasteiger partial charge in [-0.3, -0.25) is 0 Å². The maximum atomic E-state index is 5.54. The zero-order valence-corrected chi connectivity index (χ0v) is 8.39. The second kappa shape index (κ2) is 6.66. The van der Waals surface area contributed by atoms with Crippen LogP contribution in [0.2, 0.25) is 0 Å². The molecule has 0 aromatic rings. The zero-order valence-electron chi connectivity index (χ0n) is 8.39. The van der Waals surface area contributed by atoms with Gasteiger partial charge in [0.25, 0.3) is 0 Å². The molecule has 0 bridgehead atoms. The molecule has 11 heavy (non-hydrogen) atoms. The molecule has 1 fully saturated rings. The summed E-state index contributed by atoms with van der Waals surface area (Å²) >= 11 is 0. The Morgan fingerprint density at radius 3 is 2.09 bits per heavy atom. The Morgan fingerprint density at radius 2 is 1.82 bits per heavy atom. The summed E-state index contributed by atoms with van der Waals surface area (Å²) in [5.74, 6) is 0.713. The van der Waals surface area contributed by atoms with E-state index >= 15 is 0 Å². The molecule has 0 N–H and O–H groups in total. The van der Waals surface area contributed by atoms with Crippen LogP contribution in [0, 0.1) is 5.92 Å². The Balaban J connectivity index is 0.000000461. The van der Waals surface area contributed by atoms with Gasteiger partial charge in [-0.15, -0.1) is 0 Å². The number of ether oxygens (including phenoxy) is 1. The molecular formula is C10H22O. The van der Waals surface area contributed by atoms with Crippen molar-refractivity contribution in [2.24, 2.45) is 5.92 Å². The van der Waals surface area contributed by atoms with Crippen molar-refractivity contribution in [3.63, 3.8) is 0 Å². The summed E-state index contributed by atoms with van der Waals surface area (Å²) in [5.41, 5.74) is 0. The molecule has 0 saturated carbocycles. The van der Waals surface area contributed by atoms with E-state index in [4.69, 9.17) is 4.74 Å². The third-order valence-corrected chi connectivity index (χ3v) is 1.96. The minimum Gasteiger partial charge on any atom is -0.378 e. The van der Waals surface area contributed by atoms with Crippen LogP contribution in [0.4, 0.5) is 0 Å². The van der Waals surface area contributed by atoms with E-state index in [1.165, 1.54) is 19.3 Å².